The van der Waals surface area contributed by atoms with Crippen LogP contribution in [0.25, 0.3) is 0 Å². The fourth-order valence-corrected chi connectivity index (χ4v) is 9.08. The van der Waals surface area contributed by atoms with Crippen molar-refractivity contribution in [3.8, 4) is 5.75 Å². The van der Waals surface area contributed by atoms with E-state index in [9.17, 15) is 33.7 Å². The highest BCUT2D eigenvalue weighted by Gasteiger charge is 2.52. The van der Waals surface area contributed by atoms with Crippen LogP contribution >= 0.6 is 0 Å². The van der Waals surface area contributed by atoms with Crippen LogP contribution in [0.4, 0.5) is 8.78 Å². The molecule has 2 aliphatic heterocycles. The molecule has 2 aromatic carbocycles. The standard InChI is InChI=1S/C47H69F2N3O11/c1-14-37-47(9,57)42(55)27(4)39(51-50-30(7)32-15-17-35(58-12)18-16-32)25(2)24-46(8,59-13)43(63-45-40(54)36(52(10)11)19-26(3)60-45)28(5)41(29(6)44(56)61-37)62-38(53)22-31-20-33(48)23-34(49)21-31/h15-18,20-21,23,25-29,36-37,40-43,45,54-55,57H,14,19,22,24H2,1-13H3. The number of hydrogen-bond donors (Lipinski definition) is 3. The average molecular weight is 890 g/mol. The summed E-state index contributed by atoms with van der Waals surface area (Å²) in [7, 11) is 6.75. The van der Waals surface area contributed by atoms with E-state index in [1.54, 1.807) is 53.9 Å². The number of benzene rings is 2. The van der Waals surface area contributed by atoms with Gasteiger partial charge in [0.25, 0.3) is 0 Å². The molecule has 0 radical (unpaired) electrons. The van der Waals surface area contributed by atoms with Gasteiger partial charge in [-0.1, -0.05) is 27.7 Å². The van der Waals surface area contributed by atoms with Crippen LogP contribution in [-0.4, -0.2) is 132 Å². The molecular weight excluding hydrogens is 821 g/mol. The monoisotopic (exact) mass is 889 g/mol. The highest BCUT2D eigenvalue weighted by molar-refractivity contribution is 5.99. The first-order valence-corrected chi connectivity index (χ1v) is 21.7. The summed E-state index contributed by atoms with van der Waals surface area (Å²) in [5.41, 5.74) is -1.65. The lowest BCUT2D eigenvalue weighted by Gasteiger charge is -2.48. The van der Waals surface area contributed by atoms with Crippen molar-refractivity contribution in [2.75, 3.05) is 28.3 Å². The normalized spacial score (nSPS) is 35.8. The number of cyclic esters (lactones) is 1. The molecule has 63 heavy (non-hydrogen) atoms. The van der Waals surface area contributed by atoms with Gasteiger partial charge < -0.3 is 48.6 Å². The highest BCUT2D eigenvalue weighted by atomic mass is 19.1. The smallest absolute Gasteiger partial charge is 0.312 e. The van der Waals surface area contributed by atoms with Crippen LogP contribution in [-0.2, 0) is 39.7 Å². The number of aliphatic hydroxyl groups excluding tert-OH is 2. The summed E-state index contributed by atoms with van der Waals surface area (Å²) < 4.78 is 65.4. The maximum atomic E-state index is 14.3. The van der Waals surface area contributed by atoms with Crippen molar-refractivity contribution in [1.82, 2.24) is 4.90 Å². The summed E-state index contributed by atoms with van der Waals surface area (Å²) in [4.78, 5) is 30.0. The van der Waals surface area contributed by atoms with Gasteiger partial charge in [-0.15, -0.1) is 0 Å². The Morgan fingerprint density at radius 3 is 2.16 bits per heavy atom. The van der Waals surface area contributed by atoms with Crippen LogP contribution < -0.4 is 4.74 Å². The topological polar surface area (TPSA) is 178 Å². The Labute approximate surface area is 370 Å². The van der Waals surface area contributed by atoms with Crippen LogP contribution in [0.3, 0.4) is 0 Å². The summed E-state index contributed by atoms with van der Waals surface area (Å²) in [5, 5.41) is 45.2. The molecule has 0 amide bonds. The van der Waals surface area contributed by atoms with Gasteiger partial charge in [-0.3, -0.25) is 9.59 Å². The fraction of sp³-hybridized carbons (Fsp3) is 0.660. The molecule has 0 saturated carbocycles. The second kappa shape index (κ2) is 21.9. The fourth-order valence-electron chi connectivity index (χ4n) is 9.08. The molecule has 14 atom stereocenters. The lowest BCUT2D eigenvalue weighted by atomic mass is 9.73. The molecule has 2 heterocycles. The Hall–Kier alpha value is -3.90. The van der Waals surface area contributed by atoms with E-state index >= 15 is 0 Å². The second-order valence-corrected chi connectivity index (χ2v) is 18.0. The van der Waals surface area contributed by atoms with Crippen molar-refractivity contribution in [1.29, 1.82) is 0 Å². The molecule has 3 N–H and O–H groups in total. The zero-order chi connectivity index (χ0) is 47.1. The van der Waals surface area contributed by atoms with Crippen LogP contribution in [0, 0.1) is 35.3 Å². The largest absolute Gasteiger partial charge is 0.497 e. The van der Waals surface area contributed by atoms with Gasteiger partial charge >= 0.3 is 11.9 Å². The number of ether oxygens (including phenoxy) is 6. The minimum atomic E-state index is -2.02. The summed E-state index contributed by atoms with van der Waals surface area (Å²) in [6, 6.07) is 9.64. The van der Waals surface area contributed by atoms with Crippen LogP contribution in [0.1, 0.15) is 92.7 Å². The van der Waals surface area contributed by atoms with Crippen molar-refractivity contribution >= 4 is 23.4 Å². The molecule has 2 aromatic rings. The number of nitrogens with zero attached hydrogens (tertiary/aromatic N) is 3. The van der Waals surface area contributed by atoms with Gasteiger partial charge in [0.05, 0.1) is 49.1 Å². The van der Waals surface area contributed by atoms with Gasteiger partial charge in [-0.25, -0.2) is 8.78 Å². The first-order chi connectivity index (χ1) is 29.5. The third-order valence-electron chi connectivity index (χ3n) is 12.9. The number of halogens is 2. The van der Waals surface area contributed by atoms with E-state index in [4.69, 9.17) is 33.5 Å². The number of methoxy groups -OCH3 is 2. The molecule has 352 valence electrons. The second-order valence-electron chi connectivity index (χ2n) is 18.0. The zero-order valence-corrected chi connectivity index (χ0v) is 39.0. The van der Waals surface area contributed by atoms with Gasteiger partial charge in [0, 0.05) is 36.8 Å². The van der Waals surface area contributed by atoms with Crippen molar-refractivity contribution in [2.24, 2.45) is 33.9 Å². The van der Waals surface area contributed by atoms with Crippen molar-refractivity contribution in [2.45, 2.75) is 148 Å². The molecule has 2 aliphatic rings. The Balaban J connectivity index is 1.93. The average Bonchev–Trinajstić information content (AvgIpc) is 3.22. The molecule has 0 spiro atoms. The molecule has 16 heteroatoms. The van der Waals surface area contributed by atoms with Crippen LogP contribution in [0.5, 0.6) is 5.75 Å². The summed E-state index contributed by atoms with van der Waals surface area (Å²) in [6.45, 7) is 15.3. The third kappa shape index (κ3) is 12.5. The molecular formula is C47H69F2N3O11. The van der Waals surface area contributed by atoms with Gasteiger partial charge in [-0.05, 0) is 121 Å². The van der Waals surface area contributed by atoms with Crippen molar-refractivity contribution in [3.63, 3.8) is 0 Å². The first kappa shape index (κ1) is 51.7. The quantitative estimate of drug-likeness (QED) is 0.139. The molecule has 4 rings (SSSR count). The van der Waals surface area contributed by atoms with Gasteiger partial charge in [-0.2, -0.15) is 10.2 Å². The lowest BCUT2D eigenvalue weighted by Crippen LogP contribution is -2.60. The summed E-state index contributed by atoms with van der Waals surface area (Å²) >= 11 is 0. The Kier molecular flexibility index (Phi) is 17.9. The number of esters is 2. The van der Waals surface area contributed by atoms with Gasteiger partial charge in [0.1, 0.15) is 41.3 Å². The van der Waals surface area contributed by atoms with Crippen molar-refractivity contribution in [3.05, 3.63) is 65.2 Å². The van der Waals surface area contributed by atoms with Crippen LogP contribution in [0.2, 0.25) is 0 Å². The highest BCUT2D eigenvalue weighted by Crippen LogP contribution is 2.40. The number of likely N-dealkylation sites (N-methyl/N-ethyl adjacent to an activating group) is 1. The number of carbonyl (C=O) groups is 2. The molecule has 14 nitrogen and oxygen atoms in total. The van der Waals surface area contributed by atoms with E-state index in [2.05, 4.69) is 5.10 Å². The number of carbonyl (C=O) groups excluding carboxylic acids is 2. The zero-order valence-electron chi connectivity index (χ0n) is 39.0. The number of aliphatic hydroxyl groups is 3. The number of hydrogen-bond acceptors (Lipinski definition) is 14. The Bertz CT molecular complexity index is 1890. The van der Waals surface area contributed by atoms with E-state index < -0.39 is 102 Å². The SMILES string of the molecule is CCC1OC(=O)C(C)C(OC(=O)Cc2cc(F)cc(F)c2)C(C)C(OC2OC(C)CC(N(C)C)C2O)C(C)(OC)CC(C)C(=NN=C(C)c2ccc(OC)cc2)C(C)C(O)C1(C)O. The van der Waals surface area contributed by atoms with E-state index in [-0.39, 0.29) is 30.6 Å². The summed E-state index contributed by atoms with van der Waals surface area (Å²) in [6.07, 6.45) is -7.76. The molecule has 0 bridgehead atoms. The molecule has 14 unspecified atom stereocenters. The van der Waals surface area contributed by atoms with Gasteiger partial charge in [0.15, 0.2) is 6.29 Å². The molecule has 2 fully saturated rings. The predicted octanol–water partition coefficient (Wildman–Crippen LogP) is 5.89. The third-order valence-corrected chi connectivity index (χ3v) is 12.9. The van der Waals surface area contributed by atoms with Crippen molar-refractivity contribution < 1.29 is 62.1 Å². The molecule has 0 aromatic heterocycles. The Morgan fingerprint density at radius 2 is 1.60 bits per heavy atom. The lowest BCUT2D eigenvalue weighted by molar-refractivity contribution is -0.301. The van der Waals surface area contributed by atoms with E-state index in [1.807, 2.05) is 45.0 Å². The van der Waals surface area contributed by atoms with Crippen LogP contribution in [0.15, 0.2) is 52.7 Å². The minimum absolute atomic E-state index is 0.00831. The molecule has 2 saturated heterocycles. The van der Waals surface area contributed by atoms with E-state index in [0.717, 1.165) is 17.7 Å². The first-order valence-electron chi connectivity index (χ1n) is 21.7. The number of rotatable bonds is 11. The van der Waals surface area contributed by atoms with Gasteiger partial charge in [0.2, 0.25) is 0 Å². The Morgan fingerprint density at radius 1 is 0.984 bits per heavy atom. The summed E-state index contributed by atoms with van der Waals surface area (Å²) in [5.74, 6) is -6.46. The molecule has 0 aliphatic carbocycles. The van der Waals surface area contributed by atoms with E-state index in [0.29, 0.717) is 29.7 Å². The maximum absolute atomic E-state index is 14.3. The van der Waals surface area contributed by atoms with E-state index in [1.165, 1.54) is 21.0 Å². The predicted molar refractivity (Wildman–Crippen MR) is 233 cm³/mol. The maximum Gasteiger partial charge on any atom is 0.312 e. The minimum Gasteiger partial charge on any atom is -0.497 e.